The van der Waals surface area contributed by atoms with Gasteiger partial charge >= 0.3 is 0 Å². The Hall–Kier alpha value is -0.220. The van der Waals surface area contributed by atoms with E-state index >= 15 is 0 Å². The summed E-state index contributed by atoms with van der Waals surface area (Å²) in [6.45, 7) is 2.21. The summed E-state index contributed by atoms with van der Waals surface area (Å²) in [4.78, 5) is 0. The van der Waals surface area contributed by atoms with Crippen molar-refractivity contribution in [1.82, 2.24) is 0 Å². The van der Waals surface area contributed by atoms with Gasteiger partial charge in [-0.25, -0.2) is 4.39 Å². The SMILES string of the molecule is CC1CC(Nc2c(F)cccc2Br)CS1. The molecule has 0 amide bonds. The number of anilines is 1. The summed E-state index contributed by atoms with van der Waals surface area (Å²) >= 11 is 5.30. The van der Waals surface area contributed by atoms with Crippen LogP contribution in [0.2, 0.25) is 0 Å². The average Bonchev–Trinajstić information content (AvgIpc) is 2.58. The Kier molecular flexibility index (Phi) is 3.57. The highest BCUT2D eigenvalue weighted by Crippen LogP contribution is 2.31. The van der Waals surface area contributed by atoms with Gasteiger partial charge in [0.15, 0.2) is 0 Å². The Balaban J connectivity index is 2.10. The Morgan fingerprint density at radius 3 is 2.93 bits per heavy atom. The van der Waals surface area contributed by atoms with Crippen LogP contribution in [0.15, 0.2) is 22.7 Å². The molecule has 1 heterocycles. The van der Waals surface area contributed by atoms with Crippen molar-refractivity contribution in [3.8, 4) is 0 Å². The third-order valence-electron chi connectivity index (χ3n) is 2.51. The molecule has 1 saturated heterocycles. The molecule has 0 aromatic heterocycles. The fourth-order valence-corrected chi connectivity index (χ4v) is 3.36. The summed E-state index contributed by atoms with van der Waals surface area (Å²) in [5.74, 6) is 0.871. The number of halogens is 2. The minimum Gasteiger partial charge on any atom is -0.378 e. The third kappa shape index (κ3) is 2.67. The van der Waals surface area contributed by atoms with Gasteiger partial charge in [0.1, 0.15) is 5.82 Å². The van der Waals surface area contributed by atoms with Crippen molar-refractivity contribution in [2.45, 2.75) is 24.6 Å². The van der Waals surface area contributed by atoms with Crippen molar-refractivity contribution >= 4 is 33.4 Å². The summed E-state index contributed by atoms with van der Waals surface area (Å²) < 4.78 is 14.3. The maximum absolute atomic E-state index is 13.5. The van der Waals surface area contributed by atoms with Crippen LogP contribution in [-0.2, 0) is 0 Å². The molecular weight excluding hydrogens is 277 g/mol. The van der Waals surface area contributed by atoms with Gasteiger partial charge in [-0.2, -0.15) is 11.8 Å². The first-order chi connectivity index (χ1) is 7.16. The Morgan fingerprint density at radius 2 is 2.33 bits per heavy atom. The predicted octanol–water partition coefficient (Wildman–Crippen LogP) is 3.89. The number of hydrogen-bond donors (Lipinski definition) is 1. The van der Waals surface area contributed by atoms with Crippen molar-refractivity contribution in [1.29, 1.82) is 0 Å². The van der Waals surface area contributed by atoms with E-state index in [0.717, 1.165) is 16.6 Å². The van der Waals surface area contributed by atoms with Crippen molar-refractivity contribution < 1.29 is 4.39 Å². The number of rotatable bonds is 2. The molecule has 0 saturated carbocycles. The highest BCUT2D eigenvalue weighted by Gasteiger charge is 2.22. The summed E-state index contributed by atoms with van der Waals surface area (Å²) in [6, 6.07) is 5.44. The summed E-state index contributed by atoms with van der Waals surface area (Å²) in [7, 11) is 0. The molecule has 1 fully saturated rings. The second-order valence-corrected chi connectivity index (χ2v) is 6.14. The molecule has 1 aliphatic heterocycles. The van der Waals surface area contributed by atoms with Gasteiger partial charge in [-0.15, -0.1) is 0 Å². The van der Waals surface area contributed by atoms with Gasteiger partial charge in [0, 0.05) is 21.5 Å². The zero-order valence-electron chi connectivity index (χ0n) is 8.47. The summed E-state index contributed by atoms with van der Waals surface area (Å²) in [5.41, 5.74) is 0.595. The molecule has 2 atom stereocenters. The first kappa shape index (κ1) is 11.3. The lowest BCUT2D eigenvalue weighted by Gasteiger charge is -2.15. The van der Waals surface area contributed by atoms with Gasteiger partial charge in [-0.3, -0.25) is 0 Å². The van der Waals surface area contributed by atoms with Crippen LogP contribution < -0.4 is 5.32 Å². The van der Waals surface area contributed by atoms with E-state index in [1.807, 2.05) is 17.8 Å². The van der Waals surface area contributed by atoms with Gasteiger partial charge in [-0.1, -0.05) is 13.0 Å². The van der Waals surface area contributed by atoms with Crippen LogP contribution in [0.3, 0.4) is 0 Å². The largest absolute Gasteiger partial charge is 0.378 e. The monoisotopic (exact) mass is 289 g/mol. The summed E-state index contributed by atoms with van der Waals surface area (Å²) in [6.07, 6.45) is 1.10. The lowest BCUT2D eigenvalue weighted by Crippen LogP contribution is -2.20. The van der Waals surface area contributed by atoms with E-state index in [-0.39, 0.29) is 5.82 Å². The lowest BCUT2D eigenvalue weighted by atomic mass is 10.2. The molecule has 15 heavy (non-hydrogen) atoms. The van der Waals surface area contributed by atoms with Gasteiger partial charge in [0.25, 0.3) is 0 Å². The van der Waals surface area contributed by atoms with E-state index in [1.165, 1.54) is 6.07 Å². The van der Waals surface area contributed by atoms with Crippen molar-refractivity contribution in [2.75, 3.05) is 11.1 Å². The quantitative estimate of drug-likeness (QED) is 0.886. The number of thioether (sulfide) groups is 1. The maximum atomic E-state index is 13.5. The highest BCUT2D eigenvalue weighted by molar-refractivity contribution is 9.10. The molecule has 1 N–H and O–H groups in total. The Morgan fingerprint density at radius 1 is 1.53 bits per heavy atom. The van der Waals surface area contributed by atoms with E-state index in [4.69, 9.17) is 0 Å². The van der Waals surface area contributed by atoms with Gasteiger partial charge < -0.3 is 5.32 Å². The molecule has 0 aliphatic carbocycles. The second kappa shape index (κ2) is 4.74. The van der Waals surface area contributed by atoms with Crippen LogP contribution in [0.4, 0.5) is 10.1 Å². The molecule has 2 unspecified atom stereocenters. The normalized spacial score (nSPS) is 25.5. The molecule has 0 spiro atoms. The number of benzene rings is 1. The minimum atomic E-state index is -0.186. The van der Waals surface area contributed by atoms with E-state index in [9.17, 15) is 4.39 Å². The topological polar surface area (TPSA) is 12.0 Å². The molecule has 1 aromatic rings. The van der Waals surface area contributed by atoms with Crippen LogP contribution in [0.25, 0.3) is 0 Å². The van der Waals surface area contributed by atoms with Crippen LogP contribution in [0.5, 0.6) is 0 Å². The number of nitrogens with one attached hydrogen (secondary N) is 1. The van der Waals surface area contributed by atoms with E-state index in [1.54, 1.807) is 6.07 Å². The van der Waals surface area contributed by atoms with Crippen molar-refractivity contribution in [3.63, 3.8) is 0 Å². The lowest BCUT2D eigenvalue weighted by molar-refractivity contribution is 0.624. The Labute approximate surface area is 102 Å². The van der Waals surface area contributed by atoms with Gasteiger partial charge in [0.2, 0.25) is 0 Å². The van der Waals surface area contributed by atoms with Crippen molar-refractivity contribution in [3.05, 3.63) is 28.5 Å². The standard InChI is InChI=1S/C11H13BrFNS/c1-7-5-8(6-15-7)14-11-9(12)3-2-4-10(11)13/h2-4,7-8,14H,5-6H2,1H3. The predicted molar refractivity (Wildman–Crippen MR) is 68.0 cm³/mol. The minimum absolute atomic E-state index is 0.186. The molecule has 82 valence electrons. The second-order valence-electron chi connectivity index (χ2n) is 3.82. The van der Waals surface area contributed by atoms with Crippen molar-refractivity contribution in [2.24, 2.45) is 0 Å². The smallest absolute Gasteiger partial charge is 0.147 e. The van der Waals surface area contributed by atoms with E-state index < -0.39 is 0 Å². The highest BCUT2D eigenvalue weighted by atomic mass is 79.9. The Bertz CT molecular complexity index is 338. The van der Waals surface area contributed by atoms with Gasteiger partial charge in [0.05, 0.1) is 5.69 Å². The zero-order chi connectivity index (χ0) is 10.8. The van der Waals surface area contributed by atoms with Gasteiger partial charge in [-0.05, 0) is 34.5 Å². The van der Waals surface area contributed by atoms with Crippen LogP contribution in [0.1, 0.15) is 13.3 Å². The van der Waals surface area contributed by atoms with Crippen LogP contribution in [-0.4, -0.2) is 17.0 Å². The fraction of sp³-hybridized carbons (Fsp3) is 0.455. The molecule has 1 aliphatic rings. The zero-order valence-corrected chi connectivity index (χ0v) is 10.9. The first-order valence-corrected chi connectivity index (χ1v) is 6.83. The van der Waals surface area contributed by atoms with Crippen LogP contribution in [0, 0.1) is 5.82 Å². The first-order valence-electron chi connectivity index (χ1n) is 4.99. The molecular formula is C11H13BrFNS. The molecule has 1 nitrogen and oxygen atoms in total. The molecule has 1 aromatic carbocycles. The molecule has 2 rings (SSSR count). The summed E-state index contributed by atoms with van der Waals surface area (Å²) in [5, 5.41) is 3.94. The molecule has 0 bridgehead atoms. The number of para-hydroxylation sites is 1. The van der Waals surface area contributed by atoms with E-state index in [2.05, 4.69) is 28.2 Å². The average molecular weight is 290 g/mol. The third-order valence-corrected chi connectivity index (χ3v) is 4.53. The van der Waals surface area contributed by atoms with E-state index in [0.29, 0.717) is 17.0 Å². The molecule has 0 radical (unpaired) electrons. The van der Waals surface area contributed by atoms with Crippen LogP contribution >= 0.6 is 27.7 Å². The number of hydrogen-bond acceptors (Lipinski definition) is 2. The maximum Gasteiger partial charge on any atom is 0.147 e. The fourth-order valence-electron chi connectivity index (χ4n) is 1.76. The molecule has 4 heteroatoms.